The highest BCUT2D eigenvalue weighted by atomic mass is 16.6. The van der Waals surface area contributed by atoms with Gasteiger partial charge in [-0.15, -0.1) is 0 Å². The number of anilines is 3. The van der Waals surface area contributed by atoms with Crippen LogP contribution in [0.2, 0.25) is 0 Å². The highest BCUT2D eigenvalue weighted by Gasteiger charge is 2.23. The van der Waals surface area contributed by atoms with Gasteiger partial charge < -0.3 is 93.0 Å². The van der Waals surface area contributed by atoms with Gasteiger partial charge in [-0.25, -0.2) is 0 Å². The predicted molar refractivity (Wildman–Crippen MR) is 432 cm³/mol. The van der Waals surface area contributed by atoms with Gasteiger partial charge in [-0.05, 0) is 170 Å². The molecule has 19 heteroatoms. The van der Waals surface area contributed by atoms with Gasteiger partial charge in [0.05, 0.1) is 44.0 Å². The maximum atomic E-state index is 9.86. The smallest absolute Gasteiger partial charge is 0.284 e. The zero-order chi connectivity index (χ0) is 76.8. The molecular formula is C89H146N4O15. The van der Waals surface area contributed by atoms with E-state index in [2.05, 4.69) is 36.7 Å². The third kappa shape index (κ3) is 34.9. The second-order valence-corrected chi connectivity index (χ2v) is 31.9. The lowest BCUT2D eigenvalue weighted by Crippen LogP contribution is -2.16. The predicted octanol–water partition coefficient (Wildman–Crippen LogP) is 23.1. The fraction of sp³-hybridized carbons (Fsp3) is 0.730. The van der Waals surface area contributed by atoms with Gasteiger partial charge in [0.2, 0.25) is 0 Å². The van der Waals surface area contributed by atoms with E-state index >= 15 is 0 Å². The Morgan fingerprint density at radius 1 is 0.343 bits per heavy atom. The number of hydrogen-bond donors (Lipinski definition) is 10. The summed E-state index contributed by atoms with van der Waals surface area (Å²) in [5.41, 5.74) is 8.10. The lowest BCUT2D eigenvalue weighted by Gasteiger charge is -2.21. The first-order chi connectivity index (χ1) is 52.8. The van der Waals surface area contributed by atoms with Crippen LogP contribution in [0.15, 0.2) is 100 Å². The van der Waals surface area contributed by atoms with Crippen LogP contribution in [-0.4, -0.2) is 76.6 Å². The molecule has 6 aliphatic carbocycles. The molecule has 0 spiro atoms. The summed E-state index contributed by atoms with van der Waals surface area (Å²) in [6.45, 7) is 16.0. The van der Waals surface area contributed by atoms with E-state index < -0.39 is 30.5 Å². The van der Waals surface area contributed by atoms with Gasteiger partial charge in [0, 0.05) is 67.2 Å². The van der Waals surface area contributed by atoms with E-state index in [-0.39, 0.29) is 6.10 Å². The van der Waals surface area contributed by atoms with Gasteiger partial charge in [0.15, 0.2) is 17.5 Å². The van der Waals surface area contributed by atoms with Crippen LogP contribution in [0, 0.1) is 35.5 Å². The Kier molecular flexibility index (Phi) is 44.0. The van der Waals surface area contributed by atoms with E-state index in [0.29, 0.717) is 65.7 Å². The van der Waals surface area contributed by atoms with Crippen molar-refractivity contribution in [2.45, 2.75) is 334 Å². The second-order valence-electron chi connectivity index (χ2n) is 31.9. The Bertz CT molecular complexity index is 2580. The largest absolute Gasteiger partial charge is 0.490 e. The maximum absolute atomic E-state index is 9.86. The summed E-state index contributed by atoms with van der Waals surface area (Å²) in [4.78, 5) is 0. The molecule has 6 aliphatic rings. The standard InChI is InChI=1S/2C15H25NO2.3C15H24O3.C14H24N2O2/c1-2-6-14(17)13-9-15(18-11-13)16-10-12-7-4-3-5-8-12;1-2-6-13(17)14-9-10-15(18-14)16-11-12-7-4-3-5-8-12;1-2-6-14(16)15-9-13(11-18-15)17-10-12-7-4-3-5-8-12;1-2-6-14(16)13-9-15(18-11-13)17-10-12-7-4-3-5-8-12;1-2-6-13(16)14-9-10-15(18-14)17-11-12-7-4-3-5-8-12;15-7-6-13(17)14-8-12(10-18-14)16-9-11-4-2-1-3-5-11/h9,11-12,14,16-17H,2-8,10H2,1H3;9-10,12-13,16-17H,2-8,11H2,1H3;2*9,11-12,14,16H,2-8,10H2,1H3;9-10,12-13,16H,2-8,11H2,1H3;8,10-11,13,16-17H,1-7,9,15H2. The molecule has 11 N–H and O–H groups in total. The molecule has 6 aromatic rings. The summed E-state index contributed by atoms with van der Waals surface area (Å²) < 4.78 is 49.7. The minimum atomic E-state index is -0.583. The molecule has 0 aromatic carbocycles. The average molecular weight is 1510 g/mol. The molecule has 6 unspecified atom stereocenters. The van der Waals surface area contributed by atoms with Crippen molar-refractivity contribution >= 4 is 17.5 Å². The second kappa shape index (κ2) is 53.2. The van der Waals surface area contributed by atoms with Gasteiger partial charge in [0.25, 0.3) is 11.9 Å². The van der Waals surface area contributed by atoms with Crippen molar-refractivity contribution in [1.29, 1.82) is 0 Å². The summed E-state index contributed by atoms with van der Waals surface area (Å²) in [5.74, 6) is 10.4. The SMILES string of the molecule is CCCC(O)c1cc(OCC2CCCCC2)co1.CCCC(O)c1ccc(NCC2CCCCC2)o1.CCCC(O)c1ccc(OCC2CCCCC2)o1.CCCC(O)c1coc(NCC2CCCCC2)c1.CCCC(O)c1coc(OCC2CCCCC2)c1.NCCC(O)c1cc(NCC2CCCCC2)co1. The lowest BCUT2D eigenvalue weighted by molar-refractivity contribution is 0.121. The molecule has 108 heavy (non-hydrogen) atoms. The number of nitrogens with two attached hydrogens (primary N) is 1. The Labute approximate surface area is 648 Å². The molecule has 0 aliphatic heterocycles. The minimum Gasteiger partial charge on any atom is -0.490 e. The van der Waals surface area contributed by atoms with Gasteiger partial charge in [-0.1, -0.05) is 182 Å². The van der Waals surface area contributed by atoms with Crippen LogP contribution in [0.25, 0.3) is 0 Å². The van der Waals surface area contributed by atoms with Crippen molar-refractivity contribution < 1.29 is 71.4 Å². The topological polar surface area (TPSA) is 290 Å². The van der Waals surface area contributed by atoms with Gasteiger partial charge in [-0.2, -0.15) is 0 Å². The van der Waals surface area contributed by atoms with Crippen LogP contribution in [0.1, 0.15) is 369 Å². The van der Waals surface area contributed by atoms with Crippen molar-refractivity contribution in [3.8, 4) is 17.6 Å². The van der Waals surface area contributed by atoms with Crippen LogP contribution in [0.3, 0.4) is 0 Å². The first-order valence-electron chi connectivity index (χ1n) is 43.2. The molecular weight excluding hydrogens is 1360 g/mol. The molecule has 6 atom stereocenters. The molecule has 612 valence electrons. The molecule has 0 radical (unpaired) electrons. The van der Waals surface area contributed by atoms with E-state index in [1.165, 1.54) is 193 Å². The number of aliphatic hydroxyl groups is 6. The van der Waals surface area contributed by atoms with Gasteiger partial charge in [-0.3, -0.25) is 0 Å². The average Bonchev–Trinajstić information content (AvgIpc) is 1.78. The number of hydrogen-bond acceptors (Lipinski definition) is 19. The summed E-state index contributed by atoms with van der Waals surface area (Å²) in [6, 6.07) is 14.9. The van der Waals surface area contributed by atoms with Crippen molar-refractivity contribution in [2.24, 2.45) is 41.2 Å². The highest BCUT2D eigenvalue weighted by molar-refractivity contribution is 5.42. The third-order valence-electron chi connectivity index (χ3n) is 22.5. The fourth-order valence-electron chi connectivity index (χ4n) is 15.7. The van der Waals surface area contributed by atoms with Gasteiger partial charge in [0.1, 0.15) is 66.2 Å². The van der Waals surface area contributed by atoms with Crippen LogP contribution < -0.4 is 35.9 Å². The van der Waals surface area contributed by atoms with Crippen molar-refractivity contribution in [3.05, 3.63) is 108 Å². The molecule has 6 aromatic heterocycles. The van der Waals surface area contributed by atoms with E-state index in [0.717, 1.165) is 156 Å². The van der Waals surface area contributed by atoms with Crippen molar-refractivity contribution in [2.75, 3.05) is 62.0 Å². The number of nitrogens with one attached hydrogen (secondary N) is 3. The number of aliphatic hydroxyl groups excluding tert-OH is 6. The first kappa shape index (κ1) is 89.4. The third-order valence-corrected chi connectivity index (χ3v) is 22.5. The summed E-state index contributed by atoms with van der Waals surface area (Å²) in [5, 5.41) is 69.0. The van der Waals surface area contributed by atoms with Crippen molar-refractivity contribution in [1.82, 2.24) is 0 Å². The Hall–Kier alpha value is -5.80. The molecule has 19 nitrogen and oxygen atoms in total. The Balaban J connectivity index is 0.000000180. The normalized spacial score (nSPS) is 18.8. The quantitative estimate of drug-likeness (QED) is 0.0175. The zero-order valence-corrected chi connectivity index (χ0v) is 67.2. The summed E-state index contributed by atoms with van der Waals surface area (Å²) >= 11 is 0. The fourth-order valence-corrected chi connectivity index (χ4v) is 15.7. The lowest BCUT2D eigenvalue weighted by atomic mass is 9.89. The number of furan rings is 6. The Morgan fingerprint density at radius 3 is 1.21 bits per heavy atom. The van der Waals surface area contributed by atoms with E-state index in [9.17, 15) is 30.6 Å². The van der Waals surface area contributed by atoms with E-state index in [4.69, 9.17) is 46.4 Å². The Morgan fingerprint density at radius 2 is 0.722 bits per heavy atom. The van der Waals surface area contributed by atoms with Crippen LogP contribution >= 0.6 is 0 Å². The van der Waals surface area contributed by atoms with Crippen LogP contribution in [0.5, 0.6) is 17.6 Å². The van der Waals surface area contributed by atoms with Crippen LogP contribution in [0.4, 0.5) is 17.5 Å². The molecule has 6 heterocycles. The molecule has 0 bridgehead atoms. The molecule has 12 rings (SSSR count). The molecule has 6 saturated carbocycles. The summed E-state index contributed by atoms with van der Waals surface area (Å²) in [6.07, 6.45) is 52.9. The number of rotatable bonds is 36. The van der Waals surface area contributed by atoms with Crippen LogP contribution in [-0.2, 0) is 0 Å². The zero-order valence-electron chi connectivity index (χ0n) is 67.2. The first-order valence-corrected chi connectivity index (χ1v) is 43.2. The van der Waals surface area contributed by atoms with E-state index in [1.807, 2.05) is 62.4 Å². The number of ether oxygens (including phenoxy) is 3. The van der Waals surface area contributed by atoms with Crippen molar-refractivity contribution in [3.63, 3.8) is 0 Å². The summed E-state index contributed by atoms with van der Waals surface area (Å²) in [7, 11) is 0. The minimum absolute atomic E-state index is 0.385. The highest BCUT2D eigenvalue weighted by Crippen LogP contribution is 2.35. The molecule has 0 saturated heterocycles. The maximum Gasteiger partial charge on any atom is 0.284 e. The molecule has 0 amide bonds. The monoisotopic (exact) mass is 1510 g/mol. The molecule has 6 fully saturated rings. The van der Waals surface area contributed by atoms with E-state index in [1.54, 1.807) is 25.1 Å². The van der Waals surface area contributed by atoms with Gasteiger partial charge >= 0.3 is 0 Å².